The van der Waals surface area contributed by atoms with Gasteiger partial charge in [0.2, 0.25) is 0 Å². The summed E-state index contributed by atoms with van der Waals surface area (Å²) in [7, 11) is 0. The van der Waals surface area contributed by atoms with Gasteiger partial charge in [-0.25, -0.2) is 9.98 Å². The predicted molar refractivity (Wildman–Crippen MR) is 242 cm³/mol. The zero-order valence-electron chi connectivity index (χ0n) is 31.7. The normalized spacial score (nSPS) is 16.7. The van der Waals surface area contributed by atoms with Crippen LogP contribution < -0.4 is 10.6 Å². The highest BCUT2D eigenvalue weighted by Crippen LogP contribution is 2.40. The Hall–Kier alpha value is -7.44. The van der Waals surface area contributed by atoms with Gasteiger partial charge >= 0.3 is 0 Å². The Labute approximate surface area is 335 Å². The molecule has 1 unspecified atom stereocenters. The largest absolute Gasteiger partial charge is 0.385 e. The second kappa shape index (κ2) is 13.1. The molecule has 2 N–H and O–H groups in total. The third-order valence-corrected chi connectivity index (χ3v) is 12.1. The third-order valence-electron chi connectivity index (χ3n) is 12.1. The van der Waals surface area contributed by atoms with Gasteiger partial charge < -0.3 is 19.8 Å². The highest BCUT2D eigenvalue weighted by Gasteiger charge is 2.27. The molecule has 6 heteroatoms. The summed E-state index contributed by atoms with van der Waals surface area (Å²) in [5.74, 6) is 1.54. The number of hydrogen-bond acceptors (Lipinski definition) is 4. The lowest BCUT2D eigenvalue weighted by molar-refractivity contribution is 0.678. The van der Waals surface area contributed by atoms with Gasteiger partial charge in [-0.05, 0) is 88.9 Å². The van der Waals surface area contributed by atoms with Crippen LogP contribution in [-0.4, -0.2) is 33.5 Å². The Morgan fingerprint density at radius 2 is 1.26 bits per heavy atom. The summed E-state index contributed by atoms with van der Waals surface area (Å²) in [6.45, 7) is 0.662. The Morgan fingerprint density at radius 3 is 2.10 bits per heavy atom. The standard InChI is InChI=1S/C52H38N6/c1-2-16-40(17-3-1)57-46-20-10-8-18-42(46)44-29-45-43-19-9-11-21-47(43)58(49(45)30-48(44)57)41-28-39(31-53-32-41)52-55-50(37-24-22-33-12-4-6-14-35(33)26-37)54-51(56-52)38-25-23-34-13-5-7-15-36(34)27-38/h1-22,24,26-31,51,53H,23,25,32H2,(H,54,55,56). The SMILES string of the molecule is C1=C(C2=NC(C3=Cc4ccccc4CC3)NC(c3ccc4ccccc4c3)=N2)C=C(n2c3ccccc3c3cc4c5ccccc5n(-c5ccccc5)c4cc32)CN1. The fraction of sp³-hybridized carbons (Fsp3) is 0.0769. The van der Waals surface area contributed by atoms with Crippen LogP contribution in [0.15, 0.2) is 191 Å². The van der Waals surface area contributed by atoms with E-state index >= 15 is 0 Å². The molecule has 12 rings (SSSR count). The van der Waals surface area contributed by atoms with Crippen LogP contribution in [0, 0.1) is 0 Å². The van der Waals surface area contributed by atoms with Crippen LogP contribution in [0.5, 0.6) is 0 Å². The fourth-order valence-corrected chi connectivity index (χ4v) is 9.33. The molecule has 0 spiro atoms. The number of dihydropyridines is 1. The van der Waals surface area contributed by atoms with E-state index < -0.39 is 0 Å². The van der Waals surface area contributed by atoms with Crippen molar-refractivity contribution in [3.63, 3.8) is 0 Å². The van der Waals surface area contributed by atoms with Crippen molar-refractivity contribution in [3.8, 4) is 5.69 Å². The Morgan fingerprint density at radius 1 is 0.552 bits per heavy atom. The van der Waals surface area contributed by atoms with Crippen molar-refractivity contribution in [1.29, 1.82) is 0 Å². The molecule has 9 aromatic rings. The smallest absolute Gasteiger partial charge is 0.160 e. The van der Waals surface area contributed by atoms with Gasteiger partial charge in [0.25, 0.3) is 0 Å². The number of rotatable bonds is 5. The van der Waals surface area contributed by atoms with Crippen LogP contribution in [-0.2, 0) is 6.42 Å². The first-order valence-corrected chi connectivity index (χ1v) is 20.1. The molecule has 1 aliphatic carbocycles. The molecule has 4 heterocycles. The van der Waals surface area contributed by atoms with Crippen molar-refractivity contribution in [1.82, 2.24) is 19.8 Å². The molecule has 58 heavy (non-hydrogen) atoms. The molecule has 0 saturated carbocycles. The molecule has 3 aliphatic rings. The molecular formula is C52H38N6. The lowest BCUT2D eigenvalue weighted by Crippen LogP contribution is -2.40. The van der Waals surface area contributed by atoms with E-state index in [0.717, 1.165) is 41.2 Å². The molecule has 276 valence electrons. The van der Waals surface area contributed by atoms with Crippen molar-refractivity contribution in [2.24, 2.45) is 9.98 Å². The van der Waals surface area contributed by atoms with Crippen molar-refractivity contribution in [2.45, 2.75) is 19.0 Å². The quantitative estimate of drug-likeness (QED) is 0.184. The van der Waals surface area contributed by atoms with Crippen molar-refractivity contribution in [2.75, 3.05) is 6.54 Å². The van der Waals surface area contributed by atoms with E-state index in [0.29, 0.717) is 12.4 Å². The summed E-state index contributed by atoms with van der Waals surface area (Å²) in [4.78, 5) is 10.7. The van der Waals surface area contributed by atoms with Gasteiger partial charge in [-0.3, -0.25) is 0 Å². The van der Waals surface area contributed by atoms with E-state index in [1.54, 1.807) is 0 Å². The first kappa shape index (κ1) is 32.8. The molecule has 0 bridgehead atoms. The van der Waals surface area contributed by atoms with E-state index in [9.17, 15) is 0 Å². The molecule has 6 nitrogen and oxygen atoms in total. The predicted octanol–water partition coefficient (Wildman–Crippen LogP) is 11.2. The van der Waals surface area contributed by atoms with Crippen LogP contribution in [0.3, 0.4) is 0 Å². The number of nitrogens with one attached hydrogen (secondary N) is 2. The second-order valence-electron chi connectivity index (χ2n) is 15.5. The Kier molecular flexibility index (Phi) is 7.38. The van der Waals surface area contributed by atoms with E-state index in [1.165, 1.54) is 71.1 Å². The molecular weight excluding hydrogens is 709 g/mol. The first-order chi connectivity index (χ1) is 28.7. The minimum absolute atomic E-state index is 0.247. The average molecular weight is 747 g/mol. The molecule has 2 aromatic heterocycles. The molecule has 0 amide bonds. The summed E-state index contributed by atoms with van der Waals surface area (Å²) in [5.41, 5.74) is 12.9. The van der Waals surface area contributed by atoms with Crippen molar-refractivity contribution in [3.05, 3.63) is 198 Å². The van der Waals surface area contributed by atoms with E-state index in [2.05, 4.69) is 196 Å². The lowest BCUT2D eigenvalue weighted by Gasteiger charge is -2.28. The fourth-order valence-electron chi connectivity index (χ4n) is 9.33. The highest BCUT2D eigenvalue weighted by atomic mass is 15.2. The van der Waals surface area contributed by atoms with Gasteiger partial charge in [-0.2, -0.15) is 0 Å². The third kappa shape index (κ3) is 5.26. The Balaban J connectivity index is 1.03. The minimum atomic E-state index is -0.247. The highest BCUT2D eigenvalue weighted by molar-refractivity contribution is 6.20. The number of aromatic nitrogens is 2. The van der Waals surface area contributed by atoms with Gasteiger partial charge in [0, 0.05) is 50.3 Å². The minimum Gasteiger partial charge on any atom is -0.385 e. The maximum absolute atomic E-state index is 5.38. The van der Waals surface area contributed by atoms with Gasteiger partial charge in [0.1, 0.15) is 12.0 Å². The first-order valence-electron chi connectivity index (χ1n) is 20.1. The van der Waals surface area contributed by atoms with Gasteiger partial charge in [0.05, 0.1) is 28.6 Å². The van der Waals surface area contributed by atoms with Crippen LogP contribution in [0.1, 0.15) is 23.1 Å². The van der Waals surface area contributed by atoms with Crippen LogP contribution >= 0.6 is 0 Å². The van der Waals surface area contributed by atoms with E-state index in [-0.39, 0.29) is 6.17 Å². The molecule has 7 aromatic carbocycles. The van der Waals surface area contributed by atoms with Crippen molar-refractivity contribution >= 4 is 77.8 Å². The average Bonchev–Trinajstić information content (AvgIpc) is 3.80. The zero-order valence-corrected chi connectivity index (χ0v) is 31.7. The molecule has 0 saturated heterocycles. The van der Waals surface area contributed by atoms with Crippen LogP contribution in [0.2, 0.25) is 0 Å². The van der Waals surface area contributed by atoms with Crippen LogP contribution in [0.25, 0.3) is 71.8 Å². The molecule has 0 radical (unpaired) electrons. The maximum Gasteiger partial charge on any atom is 0.160 e. The number of fused-ring (bicyclic) bond motifs is 8. The number of para-hydroxylation sites is 3. The molecule has 0 fully saturated rings. The summed E-state index contributed by atoms with van der Waals surface area (Å²) < 4.78 is 4.83. The lowest BCUT2D eigenvalue weighted by atomic mass is 9.90. The summed E-state index contributed by atoms with van der Waals surface area (Å²) in [6.07, 6.45) is 8.37. The number of aliphatic imine (C=N–C) groups is 2. The summed E-state index contributed by atoms with van der Waals surface area (Å²) in [6, 6.07) is 56.8. The molecule has 2 aliphatic heterocycles. The number of hydrogen-bond donors (Lipinski definition) is 2. The summed E-state index contributed by atoms with van der Waals surface area (Å²) >= 11 is 0. The van der Waals surface area contributed by atoms with Gasteiger partial charge in [-0.1, -0.05) is 121 Å². The van der Waals surface area contributed by atoms with Gasteiger partial charge in [-0.15, -0.1) is 0 Å². The molecule has 1 atom stereocenters. The van der Waals surface area contributed by atoms with E-state index in [4.69, 9.17) is 9.98 Å². The number of amidine groups is 2. The van der Waals surface area contributed by atoms with E-state index in [1.807, 2.05) is 0 Å². The number of aryl methyl sites for hydroxylation is 1. The van der Waals surface area contributed by atoms with Crippen LogP contribution in [0.4, 0.5) is 0 Å². The number of nitrogens with zero attached hydrogens (tertiary/aromatic N) is 4. The maximum atomic E-state index is 5.38. The summed E-state index contributed by atoms with van der Waals surface area (Å²) in [5, 5.41) is 14.7. The van der Waals surface area contributed by atoms with Crippen molar-refractivity contribution < 1.29 is 0 Å². The number of benzene rings is 7. The second-order valence-corrected chi connectivity index (χ2v) is 15.5. The topological polar surface area (TPSA) is 58.6 Å². The van der Waals surface area contributed by atoms with Gasteiger partial charge in [0.15, 0.2) is 5.84 Å². The Bertz CT molecular complexity index is 3320. The zero-order chi connectivity index (χ0) is 38.2. The monoisotopic (exact) mass is 746 g/mol.